The van der Waals surface area contributed by atoms with Gasteiger partial charge in [0.1, 0.15) is 16.8 Å². The van der Waals surface area contributed by atoms with Crippen molar-refractivity contribution in [3.05, 3.63) is 88.8 Å². The Hall–Kier alpha value is -3.58. The first kappa shape index (κ1) is 18.4. The maximum atomic E-state index is 12.6. The summed E-state index contributed by atoms with van der Waals surface area (Å²) >= 11 is 1.50. The zero-order valence-electron chi connectivity index (χ0n) is 16.2. The number of ether oxygens (including phenoxy) is 1. The van der Waals surface area contributed by atoms with Crippen LogP contribution in [0.25, 0.3) is 27.5 Å². The quantitative estimate of drug-likeness (QED) is 0.337. The van der Waals surface area contributed by atoms with Crippen molar-refractivity contribution in [2.24, 2.45) is 0 Å². The Balaban J connectivity index is 1.53. The van der Waals surface area contributed by atoms with E-state index in [1.54, 1.807) is 11.8 Å². The van der Waals surface area contributed by atoms with Crippen molar-refractivity contribution in [3.8, 4) is 11.4 Å². The number of rotatable bonds is 5. The van der Waals surface area contributed by atoms with E-state index in [0.717, 1.165) is 5.69 Å². The number of methoxy groups -OCH3 is 1. The molecule has 3 aromatic carbocycles. The van der Waals surface area contributed by atoms with Crippen LogP contribution in [0.15, 0.2) is 82.9 Å². The summed E-state index contributed by atoms with van der Waals surface area (Å²) in [6.45, 7) is 0. The highest BCUT2D eigenvalue weighted by atomic mass is 32.2. The molecule has 0 fully saturated rings. The molecule has 1 N–H and O–H groups in total. The molecule has 6 nitrogen and oxygen atoms in total. The van der Waals surface area contributed by atoms with Crippen LogP contribution in [0.2, 0.25) is 0 Å². The molecule has 0 bridgehead atoms. The maximum absolute atomic E-state index is 12.6. The molecule has 0 aliphatic heterocycles. The largest absolute Gasteiger partial charge is 0.494 e. The topological polar surface area (TPSA) is 72.8 Å². The number of para-hydroxylation sites is 2. The van der Waals surface area contributed by atoms with Gasteiger partial charge in [-0.2, -0.15) is 5.10 Å². The van der Waals surface area contributed by atoms with Gasteiger partial charge in [-0.05, 0) is 28.5 Å². The molecule has 0 atom stereocenters. The van der Waals surface area contributed by atoms with Gasteiger partial charge in [0.15, 0.2) is 10.8 Å². The number of nitrogens with one attached hydrogen (secondary N) is 1. The third-order valence-electron chi connectivity index (χ3n) is 4.97. The predicted octanol–water partition coefficient (Wildman–Crippen LogP) is 4.56. The Labute approximate surface area is 176 Å². The lowest BCUT2D eigenvalue weighted by Gasteiger charge is -2.09. The van der Waals surface area contributed by atoms with Crippen molar-refractivity contribution < 1.29 is 4.74 Å². The minimum absolute atomic E-state index is 0.207. The zero-order valence-corrected chi connectivity index (χ0v) is 17.0. The van der Waals surface area contributed by atoms with Gasteiger partial charge in [0, 0.05) is 5.75 Å². The molecule has 0 saturated heterocycles. The number of aromatic amines is 1. The van der Waals surface area contributed by atoms with Crippen LogP contribution in [0.4, 0.5) is 0 Å². The molecule has 0 unspecified atom stereocenters. The second kappa shape index (κ2) is 7.68. The van der Waals surface area contributed by atoms with E-state index in [-0.39, 0.29) is 5.56 Å². The summed E-state index contributed by atoms with van der Waals surface area (Å²) in [4.78, 5) is 20.2. The van der Waals surface area contributed by atoms with Crippen LogP contribution < -0.4 is 10.3 Å². The monoisotopic (exact) mass is 414 g/mol. The molecule has 0 aliphatic carbocycles. The summed E-state index contributed by atoms with van der Waals surface area (Å²) in [6, 6.07) is 22.1. The lowest BCUT2D eigenvalue weighted by Crippen LogP contribution is -2.10. The van der Waals surface area contributed by atoms with Gasteiger partial charge in [0.2, 0.25) is 0 Å². The first-order valence-corrected chi connectivity index (χ1v) is 10.4. The molecule has 0 saturated carbocycles. The molecule has 7 heteroatoms. The molecule has 0 radical (unpaired) electrons. The van der Waals surface area contributed by atoms with E-state index in [4.69, 9.17) is 9.72 Å². The second-order valence-electron chi connectivity index (χ2n) is 6.76. The summed E-state index contributed by atoms with van der Waals surface area (Å²) in [5.41, 5.74) is 2.22. The van der Waals surface area contributed by atoms with E-state index in [2.05, 4.69) is 34.3 Å². The Morgan fingerprint density at radius 1 is 1.00 bits per heavy atom. The second-order valence-corrected chi connectivity index (χ2v) is 7.73. The molecule has 5 aromatic rings. The number of nitrogens with zero attached hydrogens (tertiary/aromatic N) is 3. The molecule has 2 heterocycles. The van der Waals surface area contributed by atoms with Crippen molar-refractivity contribution in [1.29, 1.82) is 0 Å². The van der Waals surface area contributed by atoms with E-state index in [1.807, 2.05) is 42.5 Å². The Morgan fingerprint density at radius 3 is 2.70 bits per heavy atom. The highest BCUT2D eigenvalue weighted by Gasteiger charge is 2.14. The van der Waals surface area contributed by atoms with Crippen LogP contribution in [-0.2, 0) is 5.75 Å². The third-order valence-corrected chi connectivity index (χ3v) is 5.90. The molecule has 5 rings (SSSR count). The van der Waals surface area contributed by atoms with Gasteiger partial charge in [-0.25, -0.2) is 9.67 Å². The normalized spacial score (nSPS) is 11.2. The van der Waals surface area contributed by atoms with Crippen LogP contribution in [-0.4, -0.2) is 26.9 Å². The number of fused-ring (bicyclic) bond motifs is 2. The van der Waals surface area contributed by atoms with E-state index in [9.17, 15) is 4.79 Å². The average molecular weight is 414 g/mol. The number of aromatic nitrogens is 4. The number of hydrogen-bond acceptors (Lipinski definition) is 5. The smallest absolute Gasteiger partial charge is 0.262 e. The fourth-order valence-corrected chi connectivity index (χ4v) is 4.37. The number of H-pyrrole nitrogens is 1. The first-order valence-electron chi connectivity index (χ1n) is 9.45. The summed E-state index contributed by atoms with van der Waals surface area (Å²) in [5.74, 6) is 1.35. The van der Waals surface area contributed by atoms with Gasteiger partial charge in [0.25, 0.3) is 5.56 Å². The van der Waals surface area contributed by atoms with E-state index in [0.29, 0.717) is 27.7 Å². The lowest BCUT2D eigenvalue weighted by molar-refractivity contribution is 0.412. The predicted molar refractivity (Wildman–Crippen MR) is 120 cm³/mol. The van der Waals surface area contributed by atoms with Gasteiger partial charge in [0.05, 0.1) is 13.3 Å². The average Bonchev–Trinajstić information content (AvgIpc) is 3.22. The molecule has 0 amide bonds. The highest BCUT2D eigenvalue weighted by Crippen LogP contribution is 2.27. The minimum Gasteiger partial charge on any atom is -0.494 e. The standard InChI is InChI=1S/C23H18N4O2S/c1-29-20-12-5-4-11-19(20)27-21-18(13-24-27)22(28)26-23(25-21)30-14-16-9-6-8-15-7-2-3-10-17(15)16/h2-13H,14H2,1H3,(H,25,26,28). The Bertz CT molecular complexity index is 1420. The number of hydrogen-bond donors (Lipinski definition) is 1. The van der Waals surface area contributed by atoms with Crippen LogP contribution in [0.1, 0.15) is 5.56 Å². The Morgan fingerprint density at radius 2 is 1.80 bits per heavy atom. The SMILES string of the molecule is COc1ccccc1-n1ncc2c(=O)[nH]c(SCc3cccc4ccccc34)nc21. The third kappa shape index (κ3) is 3.23. The van der Waals surface area contributed by atoms with Gasteiger partial charge >= 0.3 is 0 Å². The van der Waals surface area contributed by atoms with Crippen LogP contribution in [0.3, 0.4) is 0 Å². The first-order chi connectivity index (χ1) is 14.7. The number of benzene rings is 3. The van der Waals surface area contributed by atoms with E-state index in [1.165, 1.54) is 34.3 Å². The molecular formula is C23H18N4O2S. The highest BCUT2D eigenvalue weighted by molar-refractivity contribution is 7.98. The zero-order chi connectivity index (χ0) is 20.5. The summed E-state index contributed by atoms with van der Waals surface area (Å²) < 4.78 is 7.09. The fraction of sp³-hybridized carbons (Fsp3) is 0.0870. The summed E-state index contributed by atoms with van der Waals surface area (Å²) in [7, 11) is 1.61. The van der Waals surface area contributed by atoms with E-state index < -0.39 is 0 Å². The van der Waals surface area contributed by atoms with Crippen LogP contribution in [0.5, 0.6) is 5.75 Å². The Kier molecular flexibility index (Phi) is 4.72. The molecule has 0 aliphatic rings. The summed E-state index contributed by atoms with van der Waals surface area (Å²) in [6.07, 6.45) is 1.53. The minimum atomic E-state index is -0.207. The maximum Gasteiger partial charge on any atom is 0.262 e. The fourth-order valence-electron chi connectivity index (χ4n) is 3.51. The molecule has 0 spiro atoms. The van der Waals surface area contributed by atoms with Gasteiger partial charge in [-0.3, -0.25) is 4.79 Å². The van der Waals surface area contributed by atoms with Crippen molar-refractivity contribution in [2.45, 2.75) is 10.9 Å². The van der Waals surface area contributed by atoms with Crippen molar-refractivity contribution in [1.82, 2.24) is 19.7 Å². The number of thioether (sulfide) groups is 1. The van der Waals surface area contributed by atoms with Crippen molar-refractivity contribution >= 4 is 33.6 Å². The van der Waals surface area contributed by atoms with Gasteiger partial charge in [-0.1, -0.05) is 66.4 Å². The van der Waals surface area contributed by atoms with Crippen LogP contribution >= 0.6 is 11.8 Å². The van der Waals surface area contributed by atoms with Crippen molar-refractivity contribution in [2.75, 3.05) is 7.11 Å². The molecule has 148 valence electrons. The van der Waals surface area contributed by atoms with Gasteiger partial charge < -0.3 is 9.72 Å². The lowest BCUT2D eigenvalue weighted by atomic mass is 10.1. The van der Waals surface area contributed by atoms with Gasteiger partial charge in [-0.15, -0.1) is 0 Å². The molecule has 30 heavy (non-hydrogen) atoms. The van der Waals surface area contributed by atoms with E-state index >= 15 is 0 Å². The van der Waals surface area contributed by atoms with Crippen LogP contribution in [0, 0.1) is 0 Å². The molecule has 2 aromatic heterocycles. The van der Waals surface area contributed by atoms with Crippen molar-refractivity contribution in [3.63, 3.8) is 0 Å². The summed E-state index contributed by atoms with van der Waals surface area (Å²) in [5, 5.41) is 7.77. The molecular weight excluding hydrogens is 396 g/mol.